The van der Waals surface area contributed by atoms with Gasteiger partial charge >= 0.3 is 6.16 Å². The van der Waals surface area contributed by atoms with Gasteiger partial charge in [0.25, 0.3) is 5.97 Å². The average Bonchev–Trinajstić information content (AvgIpc) is 2.26. The van der Waals surface area contributed by atoms with E-state index in [1.807, 2.05) is 20.6 Å². The van der Waals surface area contributed by atoms with E-state index in [1.54, 1.807) is 0 Å². The molecule has 0 aliphatic carbocycles. The van der Waals surface area contributed by atoms with Crippen molar-refractivity contribution in [1.29, 1.82) is 0 Å². The van der Waals surface area contributed by atoms with Crippen molar-refractivity contribution in [3.63, 3.8) is 0 Å². The van der Waals surface area contributed by atoms with Crippen LogP contribution in [0.25, 0.3) is 0 Å². The Morgan fingerprint density at radius 3 is 1.20 bits per heavy atom. The second-order valence-corrected chi connectivity index (χ2v) is 0.989. The van der Waals surface area contributed by atoms with E-state index in [4.69, 9.17) is 24.6 Å². The third-order valence-electron chi connectivity index (χ3n) is 0.175. The van der Waals surface area contributed by atoms with Crippen LogP contribution in [-0.4, -0.2) is 42.1 Å². The molecule has 0 aliphatic heterocycles. The van der Waals surface area contributed by atoms with Gasteiger partial charge in [0.15, 0.2) is 0 Å². The maximum atomic E-state index is 9.15. The number of hydrogen-bond acceptors (Lipinski definition) is 5. The number of carboxylic acids is 1. The van der Waals surface area contributed by atoms with Crippen molar-refractivity contribution in [2.24, 2.45) is 0 Å². The van der Waals surface area contributed by atoms with Gasteiger partial charge in [-0.3, -0.25) is 4.79 Å². The molecule has 0 saturated heterocycles. The predicted molar refractivity (Wildman–Crippen MR) is 61.5 cm³/mol. The van der Waals surface area contributed by atoms with Gasteiger partial charge in [0.05, 0.1) is 7.11 Å². The smallest absolute Gasteiger partial charge is 0.481 e. The summed E-state index contributed by atoms with van der Waals surface area (Å²) in [6.45, 7) is 7.08. The summed E-state index contributed by atoms with van der Waals surface area (Å²) in [5.41, 5.74) is 0. The van der Waals surface area contributed by atoms with Gasteiger partial charge in [-0.1, -0.05) is 26.1 Å². The fraction of sp³-hybridized carbons (Fsp3) is 0.500. The van der Waals surface area contributed by atoms with Crippen molar-refractivity contribution >= 4 is 37.0 Å². The van der Waals surface area contributed by atoms with Crippen molar-refractivity contribution in [3.05, 3.63) is 0 Å². The minimum Gasteiger partial charge on any atom is -0.481 e. The number of rotatable bonds is 0. The van der Waals surface area contributed by atoms with Gasteiger partial charge in [-0.15, -0.1) is 0 Å². The Morgan fingerprint density at radius 2 is 1.20 bits per heavy atom. The van der Waals surface area contributed by atoms with E-state index >= 15 is 0 Å². The lowest BCUT2D eigenvalue weighted by molar-refractivity contribution is -0.134. The number of aliphatic carboxylic acids is 1. The molecule has 0 radical (unpaired) electrons. The number of methoxy groups -OCH3 is 1. The minimum absolute atomic E-state index is 0.833. The van der Waals surface area contributed by atoms with Crippen molar-refractivity contribution in [1.82, 2.24) is 0 Å². The van der Waals surface area contributed by atoms with Crippen LogP contribution in [0.4, 0.5) is 4.79 Å². The van der Waals surface area contributed by atoms with Crippen molar-refractivity contribution in [3.8, 4) is 0 Å². The van der Waals surface area contributed by atoms with E-state index < -0.39 is 12.1 Å². The molecule has 0 spiro atoms. The molecule has 7 heteroatoms. The zero-order chi connectivity index (χ0) is 13.9. The third-order valence-corrected chi connectivity index (χ3v) is 0.175. The lowest BCUT2D eigenvalue weighted by Crippen LogP contribution is -1.91. The second kappa shape index (κ2) is 54.6. The summed E-state index contributed by atoms with van der Waals surface area (Å²) in [5.74, 6) is 2.00. The fourth-order valence-electron chi connectivity index (χ4n) is 0. The number of carboxylic acid groups (broad SMARTS) is 2. The molecule has 0 rings (SSSR count). The van der Waals surface area contributed by atoms with Crippen molar-refractivity contribution in [2.45, 2.75) is 20.8 Å². The summed E-state index contributed by atoms with van der Waals surface area (Å²) in [4.78, 5) is 26.1. The molecule has 6 nitrogen and oxygen atoms in total. The average molecular weight is 242 g/mol. The van der Waals surface area contributed by atoms with Gasteiger partial charge in [-0.25, -0.2) is 4.79 Å². The van der Waals surface area contributed by atoms with Crippen LogP contribution in [0, 0.1) is 0 Å². The summed E-state index contributed by atoms with van der Waals surface area (Å²) in [6, 6.07) is 0. The third kappa shape index (κ3) is 5510. The Balaban J connectivity index is -0.0000000301. The minimum atomic E-state index is -1.25. The molecule has 0 aromatic carbocycles. The lowest BCUT2D eigenvalue weighted by Gasteiger charge is -1.79. The molecule has 0 atom stereocenters. The zero-order valence-corrected chi connectivity index (χ0v) is 10.2. The number of carbonyl (C=O) groups excluding carboxylic acids is 1. The molecule has 92 valence electrons. The fourth-order valence-corrected chi connectivity index (χ4v) is 0. The SMILES string of the molecule is C=O.C=S.CC.CC(=O)O.COC(=O)O. The Kier molecular flexibility index (Phi) is 106. The van der Waals surface area contributed by atoms with E-state index in [0.717, 1.165) is 14.0 Å². The van der Waals surface area contributed by atoms with E-state index in [9.17, 15) is 0 Å². The Labute approximate surface area is 94.9 Å². The number of carbonyl (C=O) groups is 3. The highest BCUT2D eigenvalue weighted by atomic mass is 32.1. The van der Waals surface area contributed by atoms with E-state index in [-0.39, 0.29) is 0 Å². The van der Waals surface area contributed by atoms with Crippen molar-refractivity contribution < 1.29 is 29.3 Å². The molecule has 0 amide bonds. The van der Waals surface area contributed by atoms with Crippen LogP contribution in [0.3, 0.4) is 0 Å². The van der Waals surface area contributed by atoms with Crippen LogP contribution < -0.4 is 0 Å². The Bertz CT molecular complexity index is 122. The highest BCUT2D eigenvalue weighted by Crippen LogP contribution is 1.60. The first-order valence-electron chi connectivity index (χ1n) is 3.55. The van der Waals surface area contributed by atoms with E-state index in [0.29, 0.717) is 0 Å². The normalized spacial score (nSPS) is 4.80. The Morgan fingerprint density at radius 1 is 1.13 bits per heavy atom. The molecule has 0 aromatic heterocycles. The molecule has 0 aromatic rings. The van der Waals surface area contributed by atoms with Gasteiger partial charge in [0, 0.05) is 6.92 Å². The molecule has 0 unspecified atom stereocenters. The molecular weight excluding hydrogens is 224 g/mol. The summed E-state index contributed by atoms with van der Waals surface area (Å²) in [6.07, 6.45) is -1.25. The summed E-state index contributed by atoms with van der Waals surface area (Å²) >= 11 is 3.83. The molecule has 0 saturated carbocycles. The van der Waals surface area contributed by atoms with Crippen LogP contribution in [-0.2, 0) is 14.3 Å². The summed E-state index contributed by atoms with van der Waals surface area (Å²) < 4.78 is 3.67. The van der Waals surface area contributed by atoms with Crippen LogP contribution in [0.15, 0.2) is 0 Å². The first-order chi connectivity index (χ1) is 7.00. The summed E-state index contributed by atoms with van der Waals surface area (Å²) in [7, 11) is 1.10. The summed E-state index contributed by atoms with van der Waals surface area (Å²) in [5, 5.41) is 14.9. The maximum Gasteiger partial charge on any atom is 0.505 e. The van der Waals surface area contributed by atoms with Gasteiger partial charge in [-0.05, 0) is 5.87 Å². The molecule has 0 aliphatic rings. The second-order valence-electron chi connectivity index (χ2n) is 0.989. The molecular formula is C8H18O6S. The highest BCUT2D eigenvalue weighted by Gasteiger charge is 1.80. The molecule has 0 heterocycles. The maximum absolute atomic E-state index is 9.15. The van der Waals surface area contributed by atoms with Crippen LogP contribution in [0.1, 0.15) is 20.8 Å². The van der Waals surface area contributed by atoms with Gasteiger partial charge in [0.1, 0.15) is 6.79 Å². The van der Waals surface area contributed by atoms with Crippen LogP contribution in [0.2, 0.25) is 0 Å². The molecule has 15 heavy (non-hydrogen) atoms. The van der Waals surface area contributed by atoms with Crippen LogP contribution in [0.5, 0.6) is 0 Å². The first-order valence-corrected chi connectivity index (χ1v) is 4.12. The van der Waals surface area contributed by atoms with E-state index in [2.05, 4.69) is 22.8 Å². The Hall–Kier alpha value is -1.50. The standard InChI is InChI=1S/C2H4O3.C2H4O2.C2H6.CH2O.CH2S/c1-5-2(3)4;1-2(3)4;3*1-2/h1H3,(H,3,4);1H3,(H,3,4);1-2H3;2*1H2. The largest absolute Gasteiger partial charge is 0.505 e. The lowest BCUT2D eigenvalue weighted by atomic mass is 10.9. The van der Waals surface area contributed by atoms with Crippen molar-refractivity contribution in [2.75, 3.05) is 7.11 Å². The molecule has 0 fully saturated rings. The van der Waals surface area contributed by atoms with Gasteiger partial charge in [-0.2, -0.15) is 0 Å². The number of thiocarbonyl (C=S) groups is 1. The van der Waals surface area contributed by atoms with E-state index in [1.165, 1.54) is 0 Å². The quantitative estimate of drug-likeness (QED) is 0.493. The molecule has 0 bridgehead atoms. The topological polar surface area (TPSA) is 101 Å². The van der Waals surface area contributed by atoms with Crippen LogP contribution >= 0.6 is 12.2 Å². The first kappa shape index (κ1) is 29.2. The highest BCUT2D eigenvalue weighted by molar-refractivity contribution is 7.77. The monoisotopic (exact) mass is 242 g/mol. The van der Waals surface area contributed by atoms with Gasteiger partial charge in [0.2, 0.25) is 0 Å². The molecule has 2 N–H and O–H groups in total. The predicted octanol–water partition coefficient (Wildman–Crippen LogP) is 1.86. The number of ether oxygens (including phenoxy) is 1. The number of hydrogen-bond donors (Lipinski definition) is 2. The van der Waals surface area contributed by atoms with Gasteiger partial charge < -0.3 is 19.7 Å². The zero-order valence-electron chi connectivity index (χ0n) is 9.35.